The highest BCUT2D eigenvalue weighted by molar-refractivity contribution is 6.33. The van der Waals surface area contributed by atoms with Crippen LogP contribution in [0.1, 0.15) is 54.0 Å². The van der Waals surface area contributed by atoms with E-state index < -0.39 is 42.8 Å². The first-order valence-corrected chi connectivity index (χ1v) is 20.4. The van der Waals surface area contributed by atoms with Gasteiger partial charge in [-0.3, -0.25) is 4.79 Å². The van der Waals surface area contributed by atoms with Crippen molar-refractivity contribution in [2.24, 2.45) is 11.5 Å². The number of carbonyl (C=O) groups excluding carboxylic acids is 2. The van der Waals surface area contributed by atoms with Crippen molar-refractivity contribution in [1.82, 2.24) is 30.6 Å². The van der Waals surface area contributed by atoms with Gasteiger partial charge < -0.3 is 67.5 Å². The third-order valence-electron chi connectivity index (χ3n) is 8.98. The van der Waals surface area contributed by atoms with Crippen LogP contribution in [0, 0.1) is 0 Å². The SMILES string of the molecule is C1=Cc2cc3ccc(cc4nc(cc5ccc(cc1n2)[nH]5)C=C4)[nH]3.NCCCNCCCCNCCCN.O=C(O)C(=O)Cc1ccccc1.O=C[C@H](O)[C@@H](O)[C@@H](O)[C@H](O)CO. The molecule has 4 aromatic rings. The molecule has 0 radical (unpaired) electrons. The van der Waals surface area contributed by atoms with Gasteiger partial charge >= 0.3 is 5.97 Å². The van der Waals surface area contributed by atoms with E-state index in [1.54, 1.807) is 24.3 Å². The fraction of sp³-hybridized carbons (Fsp3) is 0.356. The minimum absolute atomic E-state index is 0.0258. The number of H-pyrrole nitrogens is 2. The number of Topliss-reactive ketones (excluding diaryl/α,β-unsaturated/α-hetero) is 1. The number of carboxylic acid groups (broad SMARTS) is 1. The molecule has 3 aromatic heterocycles. The van der Waals surface area contributed by atoms with Gasteiger partial charge in [0, 0.05) is 28.5 Å². The number of aromatic nitrogens is 4. The Bertz CT molecular complexity index is 1990. The Balaban J connectivity index is 0.000000235. The topological polar surface area (TPSA) is 306 Å². The highest BCUT2D eigenvalue weighted by Crippen LogP contribution is 2.17. The molecule has 4 atom stereocenters. The van der Waals surface area contributed by atoms with E-state index in [1.807, 2.05) is 54.6 Å². The molecular formula is C45H60N8O9. The molecule has 0 spiro atoms. The van der Waals surface area contributed by atoms with Crippen LogP contribution in [-0.4, -0.2) is 139 Å². The molecule has 0 aliphatic carbocycles. The summed E-state index contributed by atoms with van der Waals surface area (Å²) in [5.41, 5.74) is 19.3. The van der Waals surface area contributed by atoms with Crippen molar-refractivity contribution in [3.05, 3.63) is 107 Å². The average Bonchev–Trinajstić information content (AvgIpc) is 4.12. The number of aliphatic carboxylic acids is 1. The molecule has 14 N–H and O–H groups in total. The number of aliphatic hydroxyl groups is 5. The third kappa shape index (κ3) is 19.3. The number of rotatable bonds is 19. The van der Waals surface area contributed by atoms with Gasteiger partial charge in [0.2, 0.25) is 5.78 Å². The normalized spacial score (nSPS) is 13.2. The predicted octanol–water partition coefficient (Wildman–Crippen LogP) is 1.80. The van der Waals surface area contributed by atoms with Crippen LogP contribution in [0.2, 0.25) is 0 Å². The summed E-state index contributed by atoms with van der Waals surface area (Å²) in [5, 5.41) is 58.6. The molecule has 0 amide bonds. The monoisotopic (exact) mass is 856 g/mol. The van der Waals surface area contributed by atoms with Crippen molar-refractivity contribution < 1.29 is 45.0 Å². The van der Waals surface area contributed by atoms with E-state index in [0.717, 1.165) is 103 Å². The van der Waals surface area contributed by atoms with E-state index >= 15 is 0 Å². The number of nitrogens with zero attached hydrogens (tertiary/aromatic N) is 2. The number of fused-ring (bicyclic) bond motifs is 8. The smallest absolute Gasteiger partial charge is 0.372 e. The standard InChI is InChI=1S/C20H14N4.C10H26N4.C9H8O3.C6H12O6/c1-2-14-10-16-5-6-18(23-16)12-20-8-7-19(24-20)11-17-4-3-15(22-17)9-13(1)21-14;11-5-3-9-13-7-1-2-8-14-10-4-6-12;10-8(9(11)12)6-7-4-2-1-3-5-7;7-1-3(9)5(11)6(12)4(10)2-8/h1-12,21,24H;13-14H,1-12H2;1-5H,6H2,(H,11,12);1,3-6,8-12H,2H2/t;;;3-,4+,5+,6-/m...0/s1. The molecule has 1 aromatic carbocycles. The number of nitrogens with two attached hydrogens (primary N) is 2. The maximum Gasteiger partial charge on any atom is 0.372 e. The van der Waals surface area contributed by atoms with Crippen molar-refractivity contribution in [2.75, 3.05) is 45.9 Å². The van der Waals surface area contributed by atoms with E-state index in [4.69, 9.17) is 42.1 Å². The summed E-state index contributed by atoms with van der Waals surface area (Å²) in [6, 6.07) is 25.2. The average molecular weight is 857 g/mol. The summed E-state index contributed by atoms with van der Waals surface area (Å²) < 4.78 is 0. The zero-order valence-corrected chi connectivity index (χ0v) is 34.6. The van der Waals surface area contributed by atoms with E-state index in [1.165, 1.54) is 12.8 Å². The summed E-state index contributed by atoms with van der Waals surface area (Å²) in [4.78, 5) is 46.8. The summed E-state index contributed by atoms with van der Waals surface area (Å²) in [7, 11) is 0. The second kappa shape index (κ2) is 28.7. The number of unbranched alkanes of at least 4 members (excludes halogenated alkanes) is 1. The quantitative estimate of drug-likeness (QED) is 0.0314. The number of carbonyl (C=O) groups is 3. The van der Waals surface area contributed by atoms with E-state index in [9.17, 15) is 14.4 Å². The predicted molar refractivity (Wildman–Crippen MR) is 241 cm³/mol. The van der Waals surface area contributed by atoms with E-state index in [-0.39, 0.29) is 12.7 Å². The fourth-order valence-corrected chi connectivity index (χ4v) is 5.62. The molecule has 8 bridgehead atoms. The van der Waals surface area contributed by atoms with Crippen LogP contribution in [0.3, 0.4) is 0 Å². The van der Waals surface area contributed by atoms with Crippen molar-refractivity contribution >= 4 is 64.4 Å². The Morgan fingerprint density at radius 3 is 1.39 bits per heavy atom. The number of carboxylic acids is 1. The number of hydrogen-bond acceptors (Lipinski definition) is 14. The molecule has 62 heavy (non-hydrogen) atoms. The number of aromatic amines is 2. The zero-order chi connectivity index (χ0) is 45.1. The zero-order valence-electron chi connectivity index (χ0n) is 34.6. The molecule has 0 saturated carbocycles. The highest BCUT2D eigenvalue weighted by atomic mass is 16.4. The van der Waals surface area contributed by atoms with Crippen LogP contribution in [0.15, 0.2) is 78.9 Å². The lowest BCUT2D eigenvalue weighted by atomic mass is 10.0. The summed E-state index contributed by atoms with van der Waals surface area (Å²) in [6.45, 7) is 5.14. The number of aliphatic hydroxyl groups excluding tert-OH is 5. The fourth-order valence-electron chi connectivity index (χ4n) is 5.62. The Morgan fingerprint density at radius 2 is 1.03 bits per heavy atom. The van der Waals surface area contributed by atoms with Crippen molar-refractivity contribution in [3.63, 3.8) is 0 Å². The molecule has 6 rings (SSSR count). The molecule has 17 heteroatoms. The van der Waals surface area contributed by atoms with Gasteiger partial charge in [0.15, 0.2) is 6.29 Å². The number of nitrogens with one attached hydrogen (secondary N) is 4. The minimum atomic E-state index is -1.79. The summed E-state index contributed by atoms with van der Waals surface area (Å²) in [6.07, 6.45) is 5.85. The van der Waals surface area contributed by atoms with Crippen LogP contribution in [0.5, 0.6) is 0 Å². The van der Waals surface area contributed by atoms with Crippen molar-refractivity contribution in [1.29, 1.82) is 0 Å². The number of ketones is 1. The van der Waals surface area contributed by atoms with Gasteiger partial charge in [0.25, 0.3) is 0 Å². The molecule has 0 fully saturated rings. The maximum absolute atomic E-state index is 10.7. The molecule has 17 nitrogen and oxygen atoms in total. The van der Waals surface area contributed by atoms with Crippen LogP contribution in [0.4, 0.5) is 0 Å². The van der Waals surface area contributed by atoms with Crippen LogP contribution in [0.25, 0.3) is 46.4 Å². The molecule has 334 valence electrons. The third-order valence-corrected chi connectivity index (χ3v) is 8.98. The van der Waals surface area contributed by atoms with Crippen LogP contribution >= 0.6 is 0 Å². The van der Waals surface area contributed by atoms with Crippen LogP contribution < -0.4 is 22.1 Å². The van der Waals surface area contributed by atoms with E-state index in [0.29, 0.717) is 0 Å². The lowest BCUT2D eigenvalue weighted by Crippen LogP contribution is -2.46. The first-order valence-electron chi connectivity index (χ1n) is 20.4. The number of hydrogen-bond donors (Lipinski definition) is 12. The second-order valence-electron chi connectivity index (χ2n) is 14.1. The van der Waals surface area contributed by atoms with Gasteiger partial charge in [0.1, 0.15) is 24.4 Å². The maximum atomic E-state index is 10.7. The Morgan fingerprint density at radius 1 is 0.629 bits per heavy atom. The van der Waals surface area contributed by atoms with Crippen molar-refractivity contribution in [2.45, 2.75) is 56.5 Å². The molecular weight excluding hydrogens is 797 g/mol. The largest absolute Gasteiger partial charge is 0.475 e. The second-order valence-corrected chi connectivity index (χ2v) is 14.1. The van der Waals surface area contributed by atoms with Gasteiger partial charge in [-0.2, -0.15) is 0 Å². The van der Waals surface area contributed by atoms with Crippen molar-refractivity contribution in [3.8, 4) is 0 Å². The van der Waals surface area contributed by atoms with Gasteiger partial charge in [-0.05, 0) is 143 Å². The first kappa shape index (κ1) is 50.6. The number of benzene rings is 1. The van der Waals surface area contributed by atoms with Crippen LogP contribution in [-0.2, 0) is 20.8 Å². The molecule has 0 unspecified atom stereocenters. The minimum Gasteiger partial charge on any atom is -0.475 e. The lowest BCUT2D eigenvalue weighted by molar-refractivity contribution is -0.148. The molecule has 2 aliphatic rings. The molecule has 5 heterocycles. The Hall–Kier alpha value is -5.73. The summed E-state index contributed by atoms with van der Waals surface area (Å²) in [5.74, 6) is -2.15. The number of aldehydes is 1. The molecule has 2 aliphatic heterocycles. The molecule has 0 saturated heterocycles. The van der Waals surface area contributed by atoms with Gasteiger partial charge in [-0.1, -0.05) is 30.3 Å². The van der Waals surface area contributed by atoms with Gasteiger partial charge in [0.05, 0.1) is 29.4 Å². The highest BCUT2D eigenvalue weighted by Gasteiger charge is 2.29. The first-order chi connectivity index (χ1) is 30.0. The lowest BCUT2D eigenvalue weighted by Gasteiger charge is -2.22. The van der Waals surface area contributed by atoms with Gasteiger partial charge in [-0.15, -0.1) is 0 Å². The Labute approximate surface area is 360 Å². The van der Waals surface area contributed by atoms with Gasteiger partial charge in [-0.25, -0.2) is 14.8 Å². The summed E-state index contributed by atoms with van der Waals surface area (Å²) >= 11 is 0. The van der Waals surface area contributed by atoms with E-state index in [2.05, 4.69) is 54.8 Å². The Kier molecular flexibility index (Phi) is 23.5.